The van der Waals surface area contributed by atoms with Crippen LogP contribution >= 0.6 is 0 Å². The van der Waals surface area contributed by atoms with Crippen molar-refractivity contribution in [3.8, 4) is 0 Å². The fourth-order valence-corrected chi connectivity index (χ4v) is 2.79. The molecule has 3 heteroatoms. The molecule has 0 aromatic heterocycles. The molecule has 2 aliphatic rings. The number of rotatable bonds is 1. The van der Waals surface area contributed by atoms with Gasteiger partial charge in [-0.3, -0.25) is 4.90 Å². The number of piperazine rings is 1. The standard InChI is InChI=1S/C12H25N3/c1-10-9-15(6-5-14(10)4)11-7-12(2,3)13-8-11/h10-11,13H,5-9H2,1-4H3. The van der Waals surface area contributed by atoms with E-state index in [4.69, 9.17) is 0 Å². The lowest BCUT2D eigenvalue weighted by Crippen LogP contribution is -2.53. The van der Waals surface area contributed by atoms with Crippen molar-refractivity contribution in [1.82, 2.24) is 15.1 Å². The molecule has 0 aromatic carbocycles. The summed E-state index contributed by atoms with van der Waals surface area (Å²) in [5.41, 5.74) is 0.344. The van der Waals surface area contributed by atoms with Crippen LogP contribution < -0.4 is 5.32 Å². The summed E-state index contributed by atoms with van der Waals surface area (Å²) in [6.07, 6.45) is 1.30. The van der Waals surface area contributed by atoms with Gasteiger partial charge >= 0.3 is 0 Å². The summed E-state index contributed by atoms with van der Waals surface area (Å²) < 4.78 is 0. The summed E-state index contributed by atoms with van der Waals surface area (Å²) in [7, 11) is 2.23. The van der Waals surface area contributed by atoms with Crippen molar-refractivity contribution in [2.45, 2.75) is 44.8 Å². The van der Waals surface area contributed by atoms with Crippen molar-refractivity contribution in [1.29, 1.82) is 0 Å². The second-order valence-electron chi connectivity index (χ2n) is 5.95. The van der Waals surface area contributed by atoms with E-state index in [-0.39, 0.29) is 0 Å². The maximum atomic E-state index is 3.61. The molecule has 2 unspecified atom stereocenters. The first-order valence-electron chi connectivity index (χ1n) is 6.17. The van der Waals surface area contributed by atoms with Gasteiger partial charge in [-0.05, 0) is 34.2 Å². The molecular formula is C12H25N3. The molecule has 2 atom stereocenters. The Morgan fingerprint density at radius 2 is 2.00 bits per heavy atom. The summed E-state index contributed by atoms with van der Waals surface area (Å²) in [6.45, 7) is 11.8. The van der Waals surface area contributed by atoms with E-state index in [2.05, 4.69) is 42.9 Å². The normalized spacial score (nSPS) is 38.4. The lowest BCUT2D eigenvalue weighted by Gasteiger charge is -2.40. The third kappa shape index (κ3) is 2.52. The highest BCUT2D eigenvalue weighted by molar-refractivity contribution is 4.96. The van der Waals surface area contributed by atoms with Crippen LogP contribution in [-0.2, 0) is 0 Å². The van der Waals surface area contributed by atoms with Gasteiger partial charge < -0.3 is 10.2 Å². The molecule has 2 rings (SSSR count). The number of hydrogen-bond acceptors (Lipinski definition) is 3. The van der Waals surface area contributed by atoms with E-state index in [0.717, 1.165) is 6.04 Å². The highest BCUT2D eigenvalue weighted by Crippen LogP contribution is 2.23. The van der Waals surface area contributed by atoms with Gasteiger partial charge in [0, 0.05) is 43.8 Å². The monoisotopic (exact) mass is 211 g/mol. The van der Waals surface area contributed by atoms with Crippen LogP contribution in [0.3, 0.4) is 0 Å². The van der Waals surface area contributed by atoms with E-state index < -0.39 is 0 Å². The van der Waals surface area contributed by atoms with Crippen LogP contribution in [0.2, 0.25) is 0 Å². The molecule has 0 spiro atoms. The van der Waals surface area contributed by atoms with Crippen molar-refractivity contribution in [3.63, 3.8) is 0 Å². The van der Waals surface area contributed by atoms with Crippen LogP contribution in [0, 0.1) is 0 Å². The van der Waals surface area contributed by atoms with E-state index >= 15 is 0 Å². The lowest BCUT2D eigenvalue weighted by atomic mass is 10.00. The zero-order valence-electron chi connectivity index (χ0n) is 10.6. The molecule has 88 valence electrons. The Balaban J connectivity index is 1.90. The van der Waals surface area contributed by atoms with Gasteiger partial charge in [-0.25, -0.2) is 0 Å². The van der Waals surface area contributed by atoms with Gasteiger partial charge in [-0.15, -0.1) is 0 Å². The van der Waals surface area contributed by atoms with Gasteiger partial charge in [0.05, 0.1) is 0 Å². The molecule has 2 fully saturated rings. The zero-order chi connectivity index (χ0) is 11.1. The predicted octanol–water partition coefficient (Wildman–Crippen LogP) is 0.763. The molecule has 0 aromatic rings. The molecule has 0 aliphatic carbocycles. The van der Waals surface area contributed by atoms with E-state index in [1.807, 2.05) is 0 Å². The maximum absolute atomic E-state index is 3.61. The predicted molar refractivity (Wildman–Crippen MR) is 64.2 cm³/mol. The van der Waals surface area contributed by atoms with Crippen molar-refractivity contribution >= 4 is 0 Å². The van der Waals surface area contributed by atoms with Gasteiger partial charge in [-0.2, -0.15) is 0 Å². The second kappa shape index (κ2) is 4.04. The third-order valence-electron chi connectivity index (χ3n) is 4.07. The van der Waals surface area contributed by atoms with Gasteiger partial charge in [0.1, 0.15) is 0 Å². The third-order valence-corrected chi connectivity index (χ3v) is 4.07. The van der Waals surface area contributed by atoms with Crippen molar-refractivity contribution in [3.05, 3.63) is 0 Å². The van der Waals surface area contributed by atoms with Crippen LogP contribution in [0.15, 0.2) is 0 Å². The Morgan fingerprint density at radius 1 is 1.27 bits per heavy atom. The summed E-state index contributed by atoms with van der Waals surface area (Å²) >= 11 is 0. The largest absolute Gasteiger partial charge is 0.310 e. The van der Waals surface area contributed by atoms with E-state index in [0.29, 0.717) is 11.6 Å². The molecule has 2 heterocycles. The smallest absolute Gasteiger partial charge is 0.0239 e. The first-order chi connectivity index (χ1) is 6.98. The molecular weight excluding hydrogens is 186 g/mol. The molecule has 2 saturated heterocycles. The molecule has 1 N–H and O–H groups in total. The van der Waals surface area contributed by atoms with E-state index in [9.17, 15) is 0 Å². The van der Waals surface area contributed by atoms with Crippen LogP contribution in [0.4, 0.5) is 0 Å². The summed E-state index contributed by atoms with van der Waals surface area (Å²) in [4.78, 5) is 5.14. The van der Waals surface area contributed by atoms with Gasteiger partial charge in [-0.1, -0.05) is 0 Å². The zero-order valence-corrected chi connectivity index (χ0v) is 10.6. The molecule has 0 saturated carbocycles. The number of hydrogen-bond donors (Lipinski definition) is 1. The minimum Gasteiger partial charge on any atom is -0.310 e. The molecule has 0 bridgehead atoms. The van der Waals surface area contributed by atoms with E-state index in [1.54, 1.807) is 0 Å². The SMILES string of the molecule is CC1CN(C2CNC(C)(C)C2)CCN1C. The Labute approximate surface area is 93.8 Å². The molecule has 15 heavy (non-hydrogen) atoms. The van der Waals surface area contributed by atoms with Crippen LogP contribution in [0.25, 0.3) is 0 Å². The van der Waals surface area contributed by atoms with Crippen molar-refractivity contribution in [2.24, 2.45) is 0 Å². The molecule has 0 radical (unpaired) electrons. The Bertz CT molecular complexity index is 227. The van der Waals surface area contributed by atoms with Crippen LogP contribution in [0.5, 0.6) is 0 Å². The van der Waals surface area contributed by atoms with Crippen LogP contribution in [0.1, 0.15) is 27.2 Å². The Kier molecular flexibility index (Phi) is 3.06. The quantitative estimate of drug-likeness (QED) is 0.691. The van der Waals surface area contributed by atoms with Gasteiger partial charge in [0.2, 0.25) is 0 Å². The van der Waals surface area contributed by atoms with Crippen molar-refractivity contribution < 1.29 is 0 Å². The summed E-state index contributed by atoms with van der Waals surface area (Å²) in [6, 6.07) is 1.47. The average molecular weight is 211 g/mol. The first kappa shape index (κ1) is 11.4. The fraction of sp³-hybridized carbons (Fsp3) is 1.00. The molecule has 2 aliphatic heterocycles. The maximum Gasteiger partial charge on any atom is 0.0239 e. The highest BCUT2D eigenvalue weighted by Gasteiger charge is 2.35. The van der Waals surface area contributed by atoms with Gasteiger partial charge in [0.25, 0.3) is 0 Å². The summed E-state index contributed by atoms with van der Waals surface area (Å²) in [5, 5.41) is 3.61. The summed E-state index contributed by atoms with van der Waals surface area (Å²) in [5.74, 6) is 0. The topological polar surface area (TPSA) is 18.5 Å². The first-order valence-corrected chi connectivity index (χ1v) is 6.17. The minimum absolute atomic E-state index is 0.344. The van der Waals surface area contributed by atoms with E-state index in [1.165, 1.54) is 32.6 Å². The fourth-order valence-electron chi connectivity index (χ4n) is 2.79. The van der Waals surface area contributed by atoms with Gasteiger partial charge in [0.15, 0.2) is 0 Å². The number of nitrogens with zero attached hydrogens (tertiary/aromatic N) is 2. The average Bonchev–Trinajstić information content (AvgIpc) is 2.51. The Hall–Kier alpha value is -0.120. The number of nitrogens with one attached hydrogen (secondary N) is 1. The lowest BCUT2D eigenvalue weighted by molar-refractivity contribution is 0.0760. The Morgan fingerprint density at radius 3 is 2.53 bits per heavy atom. The highest BCUT2D eigenvalue weighted by atomic mass is 15.3. The minimum atomic E-state index is 0.344. The molecule has 3 nitrogen and oxygen atoms in total. The number of likely N-dealkylation sites (N-methyl/N-ethyl adjacent to an activating group) is 1. The van der Waals surface area contributed by atoms with Crippen molar-refractivity contribution in [2.75, 3.05) is 33.2 Å². The molecule has 0 amide bonds. The van der Waals surface area contributed by atoms with Crippen LogP contribution in [-0.4, -0.2) is 60.6 Å². The second-order valence-corrected chi connectivity index (χ2v) is 5.95.